The summed E-state index contributed by atoms with van der Waals surface area (Å²) in [5.41, 5.74) is 0.331. The molecular weight excluding hydrogens is 420 g/mol. The predicted molar refractivity (Wildman–Crippen MR) is 52.6 cm³/mol. The number of hydrogen-bond acceptors (Lipinski definition) is 4. The second kappa shape index (κ2) is 4.92. The van der Waals surface area contributed by atoms with Crippen molar-refractivity contribution in [3.63, 3.8) is 0 Å². The second-order valence-corrected chi connectivity index (χ2v) is 5.17. The van der Waals surface area contributed by atoms with Crippen molar-refractivity contribution in [3.8, 4) is 0 Å². The van der Waals surface area contributed by atoms with Crippen molar-refractivity contribution < 1.29 is 43.9 Å². The van der Waals surface area contributed by atoms with E-state index in [-0.39, 0.29) is 12.8 Å². The number of carbonyl (C=O) groups is 3. The third-order valence-corrected chi connectivity index (χ3v) is 3.15. The number of nitrogens with zero attached hydrogens (tertiary/aromatic N) is 1. The number of amides is 2. The molecule has 2 amide bonds. The fraction of sp³-hybridized carbons (Fsp3) is 0.182. The average Bonchev–Trinajstić information content (AvgIpc) is 2.61. The summed E-state index contributed by atoms with van der Waals surface area (Å²) < 4.78 is 0.957. The van der Waals surface area contributed by atoms with Crippen LogP contribution in [-0.2, 0) is 14.4 Å². The summed E-state index contributed by atoms with van der Waals surface area (Å²) in [5, 5.41) is 0.551. The van der Waals surface area contributed by atoms with Crippen molar-refractivity contribution in [3.05, 3.63) is 29.8 Å². The molecule has 2 rings (SSSR count). The molecule has 1 aromatic rings. The molecule has 0 aliphatic carbocycles. The van der Waals surface area contributed by atoms with E-state index in [4.69, 9.17) is 4.84 Å². The standard InChI is InChI=1S/C11H8AtNO4/c12-8-3-1-2-7(6-8)11(16)17-13-9(14)4-5-10(13)15/h1-3,6H,4-5H2. The monoisotopic (exact) mass is 428 g/mol. The predicted octanol–water partition coefficient (Wildman–Crippen LogP) is 0.0820. The number of benzene rings is 1. The van der Waals surface area contributed by atoms with Crippen LogP contribution in [0.25, 0.3) is 0 Å². The van der Waals surface area contributed by atoms with Crippen LogP contribution < -0.4 is 3.27 Å². The van der Waals surface area contributed by atoms with Crippen molar-refractivity contribution in [2.75, 3.05) is 0 Å². The van der Waals surface area contributed by atoms with Crippen LogP contribution >= 0.6 is 0 Å². The molecule has 88 valence electrons. The summed E-state index contributed by atoms with van der Waals surface area (Å²) in [5.74, 6) is -1.63. The molecule has 1 aromatic carbocycles. The Morgan fingerprint density at radius 3 is 2.47 bits per heavy atom. The van der Waals surface area contributed by atoms with Gasteiger partial charge in [0.1, 0.15) is 0 Å². The molecule has 17 heavy (non-hydrogen) atoms. The summed E-state index contributed by atoms with van der Waals surface area (Å²) in [4.78, 5) is 39.0. The van der Waals surface area contributed by atoms with Gasteiger partial charge in [-0.15, -0.1) is 0 Å². The van der Waals surface area contributed by atoms with Crippen LogP contribution in [0.1, 0.15) is 23.2 Å². The first-order valence-corrected chi connectivity index (χ1v) is 6.38. The summed E-state index contributed by atoms with van der Waals surface area (Å²) in [6.07, 6.45) is 0.200. The molecule has 5 nitrogen and oxygen atoms in total. The van der Waals surface area contributed by atoms with Gasteiger partial charge in [0.05, 0.1) is 0 Å². The first kappa shape index (κ1) is 12.2. The molecule has 0 spiro atoms. The Balaban J connectivity index is 2.12. The van der Waals surface area contributed by atoms with Crippen LogP contribution in [0, 0.1) is 24.7 Å². The molecule has 0 saturated carbocycles. The van der Waals surface area contributed by atoms with Gasteiger partial charge in [0.2, 0.25) is 0 Å². The molecule has 1 fully saturated rings. The number of imide groups is 1. The van der Waals surface area contributed by atoms with Crippen molar-refractivity contribution in [1.29, 1.82) is 0 Å². The summed E-state index contributed by atoms with van der Waals surface area (Å²) >= 11 is 1.43. The summed E-state index contributed by atoms with van der Waals surface area (Å²) in [6.45, 7) is 0. The number of hydrogen-bond donors (Lipinski definition) is 0. The molecule has 1 heterocycles. The molecule has 0 atom stereocenters. The van der Waals surface area contributed by atoms with E-state index in [1.807, 2.05) is 6.07 Å². The normalized spacial score (nSPS) is 15.2. The molecule has 0 bridgehead atoms. The van der Waals surface area contributed by atoms with E-state index in [9.17, 15) is 14.4 Å². The van der Waals surface area contributed by atoms with E-state index in [0.717, 1.165) is 3.27 Å². The van der Waals surface area contributed by atoms with Gasteiger partial charge >= 0.3 is 113 Å². The maximum absolute atomic E-state index is 11.7. The fourth-order valence-corrected chi connectivity index (χ4v) is 2.15. The van der Waals surface area contributed by atoms with Gasteiger partial charge in [0, 0.05) is 0 Å². The van der Waals surface area contributed by atoms with Gasteiger partial charge in [-0.1, -0.05) is 0 Å². The van der Waals surface area contributed by atoms with Crippen molar-refractivity contribution in [1.82, 2.24) is 5.06 Å². The maximum atomic E-state index is 11.7. The average molecular weight is 428 g/mol. The van der Waals surface area contributed by atoms with Crippen LogP contribution in [-0.4, -0.2) is 22.8 Å². The minimum atomic E-state index is -0.688. The number of rotatable bonds is 2. The Bertz CT molecular complexity index is 484. The summed E-state index contributed by atoms with van der Waals surface area (Å²) in [6, 6.07) is 6.82. The minimum absolute atomic E-state index is 0.0999. The van der Waals surface area contributed by atoms with Crippen molar-refractivity contribution >= 4 is 21.1 Å². The van der Waals surface area contributed by atoms with Gasteiger partial charge in [0.15, 0.2) is 0 Å². The van der Waals surface area contributed by atoms with Crippen molar-refractivity contribution in [2.24, 2.45) is 0 Å². The van der Waals surface area contributed by atoms with E-state index in [0.29, 0.717) is 10.6 Å². The summed E-state index contributed by atoms with van der Waals surface area (Å²) in [7, 11) is 0. The Labute approximate surface area is 113 Å². The zero-order chi connectivity index (χ0) is 12.4. The van der Waals surface area contributed by atoms with E-state index < -0.39 is 17.8 Å². The molecule has 0 aromatic heterocycles. The third kappa shape index (κ3) is 2.69. The second-order valence-electron chi connectivity index (χ2n) is 3.47. The van der Waals surface area contributed by atoms with Gasteiger partial charge in [-0.05, 0) is 0 Å². The van der Waals surface area contributed by atoms with Gasteiger partial charge < -0.3 is 0 Å². The molecule has 0 unspecified atom stereocenters. The van der Waals surface area contributed by atoms with Gasteiger partial charge in [0.25, 0.3) is 0 Å². The number of carbonyl (C=O) groups excluding carboxylic acids is 3. The molecule has 6 heteroatoms. The SMILES string of the molecule is O=C(ON1C(=O)CCC1=O)c1cccc([At])c1. The Hall–Kier alpha value is -1.29. The Morgan fingerprint density at radius 2 is 1.88 bits per heavy atom. The molecule has 1 aliphatic heterocycles. The fourth-order valence-electron chi connectivity index (χ4n) is 1.41. The van der Waals surface area contributed by atoms with Crippen LogP contribution in [0.5, 0.6) is 0 Å². The topological polar surface area (TPSA) is 63.7 Å². The molecule has 1 saturated heterocycles. The van der Waals surface area contributed by atoms with Crippen LogP contribution in [0.4, 0.5) is 0 Å². The molecule has 0 radical (unpaired) electrons. The first-order chi connectivity index (χ1) is 8.08. The number of hydroxylamine groups is 2. The van der Waals surface area contributed by atoms with E-state index in [1.54, 1.807) is 18.2 Å². The van der Waals surface area contributed by atoms with Gasteiger partial charge in [-0.2, -0.15) is 0 Å². The Kier molecular flexibility index (Phi) is 3.52. The third-order valence-electron chi connectivity index (χ3n) is 2.24. The Morgan fingerprint density at radius 1 is 1.24 bits per heavy atom. The van der Waals surface area contributed by atoms with Crippen molar-refractivity contribution in [2.45, 2.75) is 12.8 Å². The van der Waals surface area contributed by atoms with E-state index in [1.165, 1.54) is 24.7 Å². The molecule has 0 N–H and O–H groups in total. The van der Waals surface area contributed by atoms with Crippen LogP contribution in [0.3, 0.4) is 0 Å². The van der Waals surface area contributed by atoms with E-state index >= 15 is 0 Å². The van der Waals surface area contributed by atoms with Gasteiger partial charge in [-0.25, -0.2) is 0 Å². The molecule has 1 aliphatic rings. The van der Waals surface area contributed by atoms with E-state index in [2.05, 4.69) is 0 Å². The first-order valence-electron chi connectivity index (χ1n) is 4.91. The van der Waals surface area contributed by atoms with Gasteiger partial charge in [-0.3, -0.25) is 0 Å². The quantitative estimate of drug-likeness (QED) is 0.627. The van der Waals surface area contributed by atoms with Crippen LogP contribution in [0.15, 0.2) is 24.3 Å². The zero-order valence-corrected chi connectivity index (χ0v) is 11.6. The zero-order valence-electron chi connectivity index (χ0n) is 8.68. The van der Waals surface area contributed by atoms with Crippen LogP contribution in [0.2, 0.25) is 0 Å². The molecular formula is C11H8AtNO4.